The number of hydrogen-bond acceptors (Lipinski definition) is 5. The molecule has 1 aromatic rings. The smallest absolute Gasteiger partial charge is 0.342 e. The molecule has 1 aliphatic heterocycles. The molecule has 0 saturated carbocycles. The van der Waals surface area contributed by atoms with Gasteiger partial charge >= 0.3 is 5.97 Å². The van der Waals surface area contributed by atoms with Crippen molar-refractivity contribution < 1.29 is 14.8 Å². The molecule has 114 valence electrons. The van der Waals surface area contributed by atoms with Crippen molar-refractivity contribution >= 4 is 17.3 Å². The van der Waals surface area contributed by atoms with Crippen LogP contribution in [0.1, 0.15) is 23.7 Å². The van der Waals surface area contributed by atoms with Crippen LogP contribution in [-0.4, -0.2) is 53.6 Å². The lowest BCUT2D eigenvalue weighted by Crippen LogP contribution is -2.51. The van der Waals surface area contributed by atoms with E-state index in [-0.39, 0.29) is 11.3 Å². The zero-order valence-corrected chi connectivity index (χ0v) is 12.2. The zero-order valence-electron chi connectivity index (χ0n) is 12.2. The minimum atomic E-state index is -1.27. The summed E-state index contributed by atoms with van der Waals surface area (Å²) in [4.78, 5) is 25.8. The normalized spacial score (nSPS) is 19.5. The van der Waals surface area contributed by atoms with E-state index in [2.05, 4.69) is 23.8 Å². The first-order valence-corrected chi connectivity index (χ1v) is 6.91. The number of piperazine rings is 1. The number of carboxylic acids is 1. The molecule has 21 heavy (non-hydrogen) atoms. The van der Waals surface area contributed by atoms with Gasteiger partial charge in [-0.05, 0) is 25.6 Å². The van der Waals surface area contributed by atoms with Gasteiger partial charge in [-0.15, -0.1) is 0 Å². The Kier molecular flexibility index (Phi) is 4.42. The average molecular weight is 293 g/mol. The molecule has 2 rings (SSSR count). The van der Waals surface area contributed by atoms with Crippen LogP contribution in [0.2, 0.25) is 0 Å². The van der Waals surface area contributed by atoms with Crippen molar-refractivity contribution in [1.29, 1.82) is 0 Å². The van der Waals surface area contributed by atoms with Gasteiger partial charge in [0.2, 0.25) is 0 Å². The number of benzene rings is 1. The van der Waals surface area contributed by atoms with Gasteiger partial charge in [0.05, 0.1) is 4.92 Å². The van der Waals surface area contributed by atoms with Crippen LogP contribution in [0.5, 0.6) is 0 Å². The highest BCUT2D eigenvalue weighted by Crippen LogP contribution is 2.27. The number of nitro groups is 1. The van der Waals surface area contributed by atoms with Crippen molar-refractivity contribution in [3.05, 3.63) is 33.9 Å². The van der Waals surface area contributed by atoms with Crippen LogP contribution in [0.4, 0.5) is 11.4 Å². The monoisotopic (exact) mass is 293 g/mol. The summed E-state index contributed by atoms with van der Waals surface area (Å²) in [5.41, 5.74) is 0.0986. The minimum absolute atomic E-state index is 0.260. The first-order chi connectivity index (χ1) is 9.93. The number of rotatable bonds is 4. The molecule has 0 radical (unpaired) electrons. The van der Waals surface area contributed by atoms with E-state index in [4.69, 9.17) is 5.11 Å². The third-order valence-corrected chi connectivity index (χ3v) is 4.02. The number of nitro benzene ring substituents is 1. The Balaban J connectivity index is 2.30. The molecular formula is C14H19N3O4. The van der Waals surface area contributed by atoms with Crippen LogP contribution in [0.25, 0.3) is 0 Å². The maximum absolute atomic E-state index is 11.2. The first kappa shape index (κ1) is 15.2. The fraction of sp³-hybridized carbons (Fsp3) is 0.500. The van der Waals surface area contributed by atoms with E-state index in [1.54, 1.807) is 6.07 Å². The molecule has 7 heteroatoms. The third-order valence-electron chi connectivity index (χ3n) is 4.02. The van der Waals surface area contributed by atoms with Crippen molar-refractivity contribution in [3.8, 4) is 0 Å². The third kappa shape index (κ3) is 3.13. The van der Waals surface area contributed by atoms with Gasteiger partial charge in [0.25, 0.3) is 5.69 Å². The number of aromatic carboxylic acids is 1. The maximum atomic E-state index is 11.2. The predicted octanol–water partition coefficient (Wildman–Crippen LogP) is 1.82. The quantitative estimate of drug-likeness (QED) is 0.673. The minimum Gasteiger partial charge on any atom is -0.477 e. The number of nitrogens with zero attached hydrogens (tertiary/aromatic N) is 3. The summed E-state index contributed by atoms with van der Waals surface area (Å²) in [5, 5.41) is 20.0. The largest absolute Gasteiger partial charge is 0.477 e. The van der Waals surface area contributed by atoms with E-state index in [9.17, 15) is 14.9 Å². The molecule has 1 unspecified atom stereocenters. The second kappa shape index (κ2) is 6.09. The first-order valence-electron chi connectivity index (χ1n) is 6.91. The summed E-state index contributed by atoms with van der Waals surface area (Å²) in [5.74, 6) is -1.27. The Morgan fingerprint density at radius 3 is 2.76 bits per heavy atom. The second-order valence-corrected chi connectivity index (χ2v) is 5.25. The van der Waals surface area contributed by atoms with Crippen molar-refractivity contribution in [1.82, 2.24) is 4.90 Å². The van der Waals surface area contributed by atoms with Gasteiger partial charge in [-0.1, -0.05) is 6.92 Å². The lowest BCUT2D eigenvalue weighted by atomic mass is 10.1. The molecule has 1 atom stereocenters. The van der Waals surface area contributed by atoms with Crippen LogP contribution in [0.15, 0.2) is 18.2 Å². The SMILES string of the molecule is CCC1CN(c2ccc([N+](=O)[O-])c(C(=O)O)c2)CCN1C. The molecule has 1 saturated heterocycles. The van der Waals surface area contributed by atoms with Crippen LogP contribution >= 0.6 is 0 Å². The molecule has 1 aliphatic rings. The van der Waals surface area contributed by atoms with Crippen molar-refractivity contribution in [2.75, 3.05) is 31.6 Å². The van der Waals surface area contributed by atoms with Crippen molar-refractivity contribution in [2.24, 2.45) is 0 Å². The topological polar surface area (TPSA) is 86.9 Å². The summed E-state index contributed by atoms with van der Waals surface area (Å²) in [6.07, 6.45) is 1.01. The number of carbonyl (C=O) groups is 1. The van der Waals surface area contributed by atoms with E-state index in [1.807, 2.05) is 0 Å². The highest BCUT2D eigenvalue weighted by Gasteiger charge is 2.26. The lowest BCUT2D eigenvalue weighted by Gasteiger charge is -2.40. The van der Waals surface area contributed by atoms with Crippen molar-refractivity contribution in [2.45, 2.75) is 19.4 Å². The van der Waals surface area contributed by atoms with E-state index in [0.29, 0.717) is 6.04 Å². The molecule has 0 aliphatic carbocycles. The molecule has 1 aromatic carbocycles. The highest BCUT2D eigenvalue weighted by molar-refractivity contribution is 5.93. The van der Waals surface area contributed by atoms with Crippen molar-refractivity contribution in [3.63, 3.8) is 0 Å². The van der Waals surface area contributed by atoms with Gasteiger partial charge in [-0.2, -0.15) is 0 Å². The summed E-state index contributed by atoms with van der Waals surface area (Å²) in [7, 11) is 2.07. The Bertz CT molecular complexity index is 561. The number of hydrogen-bond donors (Lipinski definition) is 1. The predicted molar refractivity (Wildman–Crippen MR) is 79.0 cm³/mol. The molecule has 0 amide bonds. The molecule has 0 bridgehead atoms. The number of anilines is 1. The van der Waals surface area contributed by atoms with E-state index in [0.717, 1.165) is 31.7 Å². The van der Waals surface area contributed by atoms with Gasteiger partial charge in [0.15, 0.2) is 0 Å². The van der Waals surface area contributed by atoms with Crippen LogP contribution in [-0.2, 0) is 0 Å². The molecule has 1 fully saturated rings. The number of likely N-dealkylation sites (N-methyl/N-ethyl adjacent to an activating group) is 1. The highest BCUT2D eigenvalue weighted by atomic mass is 16.6. The van der Waals surface area contributed by atoms with Crippen LogP contribution < -0.4 is 4.90 Å². The van der Waals surface area contributed by atoms with E-state index < -0.39 is 10.9 Å². The summed E-state index contributed by atoms with van der Waals surface area (Å²) in [6.45, 7) is 4.58. The molecule has 7 nitrogen and oxygen atoms in total. The fourth-order valence-corrected chi connectivity index (χ4v) is 2.67. The Morgan fingerprint density at radius 2 is 2.19 bits per heavy atom. The van der Waals surface area contributed by atoms with Gasteiger partial charge in [-0.3, -0.25) is 15.0 Å². The van der Waals surface area contributed by atoms with Gasteiger partial charge in [-0.25, -0.2) is 4.79 Å². The van der Waals surface area contributed by atoms with Gasteiger partial charge in [0, 0.05) is 37.4 Å². The molecule has 0 aromatic heterocycles. The molecule has 0 spiro atoms. The molecular weight excluding hydrogens is 274 g/mol. The molecule has 1 heterocycles. The standard InChI is InChI=1S/C14H19N3O4/c1-3-10-9-16(7-6-15(10)2)11-4-5-13(17(20)21)12(8-11)14(18)19/h4-5,8,10H,3,6-7,9H2,1-2H3,(H,18,19). The van der Waals surface area contributed by atoms with E-state index in [1.165, 1.54) is 12.1 Å². The summed E-state index contributed by atoms with van der Waals surface area (Å²) >= 11 is 0. The van der Waals surface area contributed by atoms with E-state index >= 15 is 0 Å². The average Bonchev–Trinajstić information content (AvgIpc) is 2.47. The number of carboxylic acid groups (broad SMARTS) is 1. The summed E-state index contributed by atoms with van der Waals surface area (Å²) in [6, 6.07) is 4.71. The Morgan fingerprint density at radius 1 is 1.48 bits per heavy atom. The van der Waals surface area contributed by atoms with Crippen LogP contribution in [0, 0.1) is 10.1 Å². The van der Waals surface area contributed by atoms with Gasteiger partial charge < -0.3 is 10.0 Å². The lowest BCUT2D eigenvalue weighted by molar-refractivity contribution is -0.385. The fourth-order valence-electron chi connectivity index (χ4n) is 2.67. The Labute approximate surface area is 122 Å². The molecule has 1 N–H and O–H groups in total. The second-order valence-electron chi connectivity index (χ2n) is 5.25. The summed E-state index contributed by atoms with van der Waals surface area (Å²) < 4.78 is 0. The zero-order chi connectivity index (χ0) is 15.6. The van der Waals surface area contributed by atoms with Crippen LogP contribution in [0.3, 0.4) is 0 Å². The maximum Gasteiger partial charge on any atom is 0.342 e. The van der Waals surface area contributed by atoms with Gasteiger partial charge in [0.1, 0.15) is 5.56 Å². The Hall–Kier alpha value is -2.15.